The molecule has 2 heteroatoms. The van der Waals surface area contributed by atoms with Crippen LogP contribution in [0.2, 0.25) is 0 Å². The maximum Gasteiger partial charge on any atom is 0.0602 e. The lowest BCUT2D eigenvalue weighted by atomic mass is 10.1. The topological polar surface area (TPSA) is 29.3 Å². The van der Waals surface area contributed by atoms with Gasteiger partial charge in [0.05, 0.1) is 11.4 Å². The molecule has 1 fully saturated rings. The summed E-state index contributed by atoms with van der Waals surface area (Å²) in [6.07, 6.45) is 5.28. The van der Waals surface area contributed by atoms with Crippen molar-refractivity contribution in [3.8, 4) is 0 Å². The fourth-order valence-electron chi connectivity index (χ4n) is 2.57. The Kier molecular flexibility index (Phi) is 3.37. The monoisotopic (exact) mass is 218 g/mol. The summed E-state index contributed by atoms with van der Waals surface area (Å²) in [6.45, 7) is 5.55. The van der Waals surface area contributed by atoms with Crippen molar-refractivity contribution in [3.05, 3.63) is 23.8 Å². The molecule has 1 aromatic carbocycles. The van der Waals surface area contributed by atoms with E-state index in [1.54, 1.807) is 0 Å². The molecule has 2 nitrogen and oxygen atoms in total. The van der Waals surface area contributed by atoms with Gasteiger partial charge in [-0.3, -0.25) is 0 Å². The highest BCUT2D eigenvalue weighted by Gasteiger charge is 2.18. The van der Waals surface area contributed by atoms with Gasteiger partial charge in [0.1, 0.15) is 0 Å². The molecule has 1 saturated heterocycles. The van der Waals surface area contributed by atoms with E-state index in [9.17, 15) is 0 Å². The van der Waals surface area contributed by atoms with Crippen molar-refractivity contribution < 1.29 is 0 Å². The maximum atomic E-state index is 6.12. The largest absolute Gasteiger partial charge is 0.397 e. The second-order valence-corrected chi connectivity index (χ2v) is 4.95. The third-order valence-corrected chi connectivity index (χ3v) is 3.55. The van der Waals surface area contributed by atoms with Gasteiger partial charge in [-0.05, 0) is 44.4 Å². The van der Waals surface area contributed by atoms with Gasteiger partial charge in [-0.2, -0.15) is 0 Å². The molecule has 88 valence electrons. The molecule has 1 aliphatic heterocycles. The minimum absolute atomic E-state index is 0.618. The minimum atomic E-state index is 0.618. The Morgan fingerprint density at radius 1 is 1.25 bits per heavy atom. The number of rotatable bonds is 1. The molecule has 2 N–H and O–H groups in total. The van der Waals surface area contributed by atoms with Crippen LogP contribution in [0, 0.1) is 6.92 Å². The minimum Gasteiger partial charge on any atom is -0.397 e. The zero-order valence-corrected chi connectivity index (χ0v) is 10.4. The molecule has 0 aromatic heterocycles. The second-order valence-electron chi connectivity index (χ2n) is 4.95. The van der Waals surface area contributed by atoms with E-state index in [2.05, 4.69) is 36.9 Å². The standard InChI is InChI=1S/C14H22N2/c1-11-7-8-14(13(15)10-11)16-9-5-3-4-6-12(16)2/h7-8,10,12H,3-6,9,15H2,1-2H3. The van der Waals surface area contributed by atoms with Gasteiger partial charge in [-0.15, -0.1) is 0 Å². The number of nitrogens with zero attached hydrogens (tertiary/aromatic N) is 1. The summed E-state index contributed by atoms with van der Waals surface area (Å²) in [4.78, 5) is 2.47. The van der Waals surface area contributed by atoms with Crippen molar-refractivity contribution in [1.82, 2.24) is 0 Å². The van der Waals surface area contributed by atoms with Crippen LogP contribution in [0.4, 0.5) is 11.4 Å². The molecule has 2 rings (SSSR count). The summed E-state index contributed by atoms with van der Waals surface area (Å²) in [7, 11) is 0. The molecule has 0 saturated carbocycles. The van der Waals surface area contributed by atoms with Crippen molar-refractivity contribution in [1.29, 1.82) is 0 Å². The van der Waals surface area contributed by atoms with Crippen LogP contribution in [0.1, 0.15) is 38.2 Å². The first-order chi connectivity index (χ1) is 7.68. The summed E-state index contributed by atoms with van der Waals surface area (Å²) in [5, 5.41) is 0. The highest BCUT2D eigenvalue weighted by atomic mass is 15.2. The molecule has 1 unspecified atom stereocenters. The van der Waals surface area contributed by atoms with Gasteiger partial charge < -0.3 is 10.6 Å². The van der Waals surface area contributed by atoms with E-state index in [0.717, 1.165) is 12.2 Å². The molecule has 0 aliphatic carbocycles. The van der Waals surface area contributed by atoms with Gasteiger partial charge in [0.2, 0.25) is 0 Å². The molecular weight excluding hydrogens is 196 g/mol. The van der Waals surface area contributed by atoms with Crippen molar-refractivity contribution in [2.24, 2.45) is 0 Å². The van der Waals surface area contributed by atoms with Crippen LogP contribution in [0.25, 0.3) is 0 Å². The molecule has 1 heterocycles. The lowest BCUT2D eigenvalue weighted by molar-refractivity contribution is 0.616. The first-order valence-corrected chi connectivity index (χ1v) is 6.31. The molecule has 0 bridgehead atoms. The Hall–Kier alpha value is -1.18. The molecule has 1 aliphatic rings. The Morgan fingerprint density at radius 2 is 2.06 bits per heavy atom. The number of nitrogens with two attached hydrogens (primary N) is 1. The van der Waals surface area contributed by atoms with Crippen LogP contribution in [-0.2, 0) is 0 Å². The maximum absolute atomic E-state index is 6.12. The van der Waals surface area contributed by atoms with Crippen molar-refractivity contribution in [2.75, 3.05) is 17.2 Å². The molecule has 0 spiro atoms. The number of benzene rings is 1. The molecule has 16 heavy (non-hydrogen) atoms. The SMILES string of the molecule is Cc1ccc(N2CCCCCC2C)c(N)c1. The smallest absolute Gasteiger partial charge is 0.0602 e. The predicted molar refractivity (Wildman–Crippen MR) is 70.9 cm³/mol. The summed E-state index contributed by atoms with van der Waals surface area (Å²) >= 11 is 0. The van der Waals surface area contributed by atoms with Crippen molar-refractivity contribution in [2.45, 2.75) is 45.6 Å². The zero-order valence-electron chi connectivity index (χ0n) is 10.4. The molecule has 0 radical (unpaired) electrons. The molecule has 1 aromatic rings. The van der Waals surface area contributed by atoms with Crippen molar-refractivity contribution in [3.63, 3.8) is 0 Å². The molecule has 1 atom stereocenters. The number of hydrogen-bond donors (Lipinski definition) is 1. The molecule has 0 amide bonds. The Morgan fingerprint density at radius 3 is 2.81 bits per heavy atom. The lowest BCUT2D eigenvalue weighted by Gasteiger charge is -2.30. The summed E-state index contributed by atoms with van der Waals surface area (Å²) < 4.78 is 0. The van der Waals surface area contributed by atoms with E-state index in [1.807, 2.05) is 0 Å². The van der Waals surface area contributed by atoms with Crippen LogP contribution in [0.5, 0.6) is 0 Å². The Balaban J connectivity index is 2.27. The number of aryl methyl sites for hydroxylation is 1. The predicted octanol–water partition coefficient (Wildman–Crippen LogP) is 3.35. The van der Waals surface area contributed by atoms with Crippen molar-refractivity contribution >= 4 is 11.4 Å². The number of nitrogen functional groups attached to an aromatic ring is 1. The lowest BCUT2D eigenvalue weighted by Crippen LogP contribution is -2.33. The quantitative estimate of drug-likeness (QED) is 0.732. The average Bonchev–Trinajstić information content (AvgIpc) is 2.44. The van der Waals surface area contributed by atoms with Crippen LogP contribution in [-0.4, -0.2) is 12.6 Å². The fraction of sp³-hybridized carbons (Fsp3) is 0.571. The third-order valence-electron chi connectivity index (χ3n) is 3.55. The average molecular weight is 218 g/mol. The summed E-state index contributed by atoms with van der Waals surface area (Å²) in [6, 6.07) is 7.02. The van der Waals surface area contributed by atoms with Gasteiger partial charge in [-0.1, -0.05) is 18.9 Å². The summed E-state index contributed by atoms with van der Waals surface area (Å²) in [5.74, 6) is 0. The van der Waals surface area contributed by atoms with E-state index >= 15 is 0 Å². The van der Waals surface area contributed by atoms with E-state index in [4.69, 9.17) is 5.73 Å². The summed E-state index contributed by atoms with van der Waals surface area (Å²) in [5.41, 5.74) is 9.51. The highest BCUT2D eigenvalue weighted by molar-refractivity contribution is 5.68. The van der Waals surface area contributed by atoms with E-state index in [-0.39, 0.29) is 0 Å². The first kappa shape index (κ1) is 11.3. The Labute approximate surface area is 98.4 Å². The zero-order chi connectivity index (χ0) is 11.5. The second kappa shape index (κ2) is 4.77. The first-order valence-electron chi connectivity index (χ1n) is 6.31. The van der Waals surface area contributed by atoms with Crippen LogP contribution in [0.3, 0.4) is 0 Å². The van der Waals surface area contributed by atoms with Crippen LogP contribution < -0.4 is 10.6 Å². The third kappa shape index (κ3) is 2.31. The van der Waals surface area contributed by atoms with E-state index in [1.165, 1.54) is 36.9 Å². The molecular formula is C14H22N2. The highest BCUT2D eigenvalue weighted by Crippen LogP contribution is 2.29. The van der Waals surface area contributed by atoms with Gasteiger partial charge in [0.25, 0.3) is 0 Å². The van der Waals surface area contributed by atoms with Gasteiger partial charge in [0, 0.05) is 12.6 Å². The van der Waals surface area contributed by atoms with Gasteiger partial charge in [0.15, 0.2) is 0 Å². The number of anilines is 2. The van der Waals surface area contributed by atoms with E-state index in [0.29, 0.717) is 6.04 Å². The van der Waals surface area contributed by atoms with Gasteiger partial charge in [-0.25, -0.2) is 0 Å². The Bertz CT molecular complexity index is 360. The van der Waals surface area contributed by atoms with E-state index < -0.39 is 0 Å². The van der Waals surface area contributed by atoms with Gasteiger partial charge >= 0.3 is 0 Å². The van der Waals surface area contributed by atoms with Crippen LogP contribution in [0.15, 0.2) is 18.2 Å². The normalized spacial score (nSPS) is 21.9. The number of hydrogen-bond acceptors (Lipinski definition) is 2. The fourth-order valence-corrected chi connectivity index (χ4v) is 2.57. The van der Waals surface area contributed by atoms with Crippen LogP contribution >= 0.6 is 0 Å².